The van der Waals surface area contributed by atoms with Crippen LogP contribution in [0.5, 0.6) is 28.7 Å². The SMILES string of the molecule is COCCn1cc(C(=O)Nc2ccc(Oc3ccnc4cc(OC)c5c(c34)OCCO5)c(F)c2)c(=O)n(-c2ccc(F)cc2)c1=O. The second-order valence-electron chi connectivity index (χ2n) is 9.97. The van der Waals surface area contributed by atoms with Gasteiger partial charge in [0.25, 0.3) is 11.5 Å². The number of nitrogens with one attached hydrogen (secondary N) is 1. The average Bonchev–Trinajstić information content (AvgIpc) is 3.06. The molecule has 0 radical (unpaired) electrons. The first kappa shape index (κ1) is 30.3. The number of nitrogens with zero attached hydrogens (tertiary/aromatic N) is 3. The van der Waals surface area contributed by atoms with E-state index >= 15 is 4.39 Å². The Bertz CT molecular complexity index is 2080. The average molecular weight is 633 g/mol. The van der Waals surface area contributed by atoms with Crippen LogP contribution in [0.4, 0.5) is 14.5 Å². The third-order valence-corrected chi connectivity index (χ3v) is 7.09. The van der Waals surface area contributed by atoms with Gasteiger partial charge in [0.15, 0.2) is 23.1 Å². The van der Waals surface area contributed by atoms with Gasteiger partial charge in [-0.2, -0.15) is 0 Å². The van der Waals surface area contributed by atoms with E-state index in [2.05, 4.69) is 10.3 Å². The quantitative estimate of drug-likeness (QED) is 0.253. The number of benzene rings is 3. The lowest BCUT2D eigenvalue weighted by molar-refractivity contribution is 0.102. The lowest BCUT2D eigenvalue weighted by atomic mass is 10.1. The molecular formula is C32H26F2N4O8. The Morgan fingerprint density at radius 2 is 1.72 bits per heavy atom. The molecule has 0 saturated carbocycles. The molecule has 1 aliphatic rings. The number of halogens is 2. The van der Waals surface area contributed by atoms with Crippen molar-refractivity contribution in [2.24, 2.45) is 0 Å². The molecule has 3 heterocycles. The standard InChI is InChI=1S/C32H26F2N4O8/c1-42-12-11-37-17-21(31(40)38(32(37)41)20-6-3-18(33)4-7-20)30(39)36-19-5-8-24(22(34)15-19)46-25-9-10-35-23-16-26(43-2)28-29(27(23)25)45-14-13-44-28/h3-10,15-17H,11-14H2,1-2H3,(H,36,39). The number of aromatic nitrogens is 3. The lowest BCUT2D eigenvalue weighted by Gasteiger charge is -2.23. The summed E-state index contributed by atoms with van der Waals surface area (Å²) >= 11 is 0. The van der Waals surface area contributed by atoms with Gasteiger partial charge in [-0.25, -0.2) is 18.1 Å². The van der Waals surface area contributed by atoms with Crippen molar-refractivity contribution >= 4 is 22.5 Å². The summed E-state index contributed by atoms with van der Waals surface area (Å²) in [5.41, 5.74) is -1.56. The van der Waals surface area contributed by atoms with Gasteiger partial charge in [0.05, 0.1) is 36.9 Å². The first-order chi connectivity index (χ1) is 22.3. The minimum Gasteiger partial charge on any atom is -0.493 e. The van der Waals surface area contributed by atoms with Gasteiger partial charge in [0, 0.05) is 37.3 Å². The van der Waals surface area contributed by atoms with E-state index in [9.17, 15) is 18.8 Å². The van der Waals surface area contributed by atoms with Crippen LogP contribution >= 0.6 is 0 Å². The van der Waals surface area contributed by atoms with Crippen LogP contribution in [-0.4, -0.2) is 54.1 Å². The number of carbonyl (C=O) groups excluding carboxylic acids is 1. The second-order valence-corrected chi connectivity index (χ2v) is 9.97. The molecule has 2 aromatic heterocycles. The molecule has 14 heteroatoms. The van der Waals surface area contributed by atoms with Gasteiger partial charge >= 0.3 is 5.69 Å². The molecule has 6 rings (SSSR count). The zero-order chi connectivity index (χ0) is 32.4. The van der Waals surface area contributed by atoms with Crippen molar-refractivity contribution in [3.63, 3.8) is 0 Å². The molecule has 1 aliphatic heterocycles. The van der Waals surface area contributed by atoms with Crippen molar-refractivity contribution in [1.29, 1.82) is 0 Å². The minimum atomic E-state index is -0.945. The first-order valence-corrected chi connectivity index (χ1v) is 13.9. The smallest absolute Gasteiger partial charge is 0.335 e. The summed E-state index contributed by atoms with van der Waals surface area (Å²) in [5, 5.41) is 2.94. The fourth-order valence-electron chi connectivity index (χ4n) is 4.91. The second kappa shape index (κ2) is 12.7. The Morgan fingerprint density at radius 3 is 2.43 bits per heavy atom. The largest absolute Gasteiger partial charge is 0.493 e. The summed E-state index contributed by atoms with van der Waals surface area (Å²) in [6.07, 6.45) is 2.59. The number of amides is 1. The third kappa shape index (κ3) is 5.73. The number of hydrogen-bond donors (Lipinski definition) is 1. The summed E-state index contributed by atoms with van der Waals surface area (Å²) in [5.74, 6) is -1.07. The number of fused-ring (bicyclic) bond motifs is 3. The molecule has 0 aliphatic carbocycles. The number of rotatable bonds is 9. The molecule has 12 nitrogen and oxygen atoms in total. The van der Waals surface area contributed by atoms with Crippen LogP contribution in [0.25, 0.3) is 16.6 Å². The van der Waals surface area contributed by atoms with Gasteiger partial charge in [0.2, 0.25) is 5.75 Å². The molecule has 0 bridgehead atoms. The molecule has 3 aromatic carbocycles. The monoisotopic (exact) mass is 632 g/mol. The summed E-state index contributed by atoms with van der Waals surface area (Å²) in [6, 6.07) is 11.6. The summed E-state index contributed by atoms with van der Waals surface area (Å²) in [4.78, 5) is 44.1. The van der Waals surface area contributed by atoms with Crippen molar-refractivity contribution in [2.75, 3.05) is 39.4 Å². The van der Waals surface area contributed by atoms with Crippen LogP contribution < -0.4 is 35.5 Å². The van der Waals surface area contributed by atoms with Crippen LogP contribution in [-0.2, 0) is 11.3 Å². The maximum Gasteiger partial charge on any atom is 0.335 e. The Balaban J connectivity index is 1.31. The number of methoxy groups -OCH3 is 2. The predicted octanol–water partition coefficient (Wildman–Crippen LogP) is 4.30. The normalized spacial score (nSPS) is 12.2. The maximum absolute atomic E-state index is 15.4. The topological polar surface area (TPSA) is 132 Å². The van der Waals surface area contributed by atoms with E-state index in [4.69, 9.17) is 23.7 Å². The van der Waals surface area contributed by atoms with Crippen LogP contribution in [0.1, 0.15) is 10.4 Å². The van der Waals surface area contributed by atoms with E-state index in [-0.39, 0.29) is 42.6 Å². The number of pyridine rings is 1. The van der Waals surface area contributed by atoms with Gasteiger partial charge < -0.3 is 29.0 Å². The Labute approximate surface area is 259 Å². The van der Waals surface area contributed by atoms with Gasteiger partial charge in [-0.05, 0) is 42.5 Å². The lowest BCUT2D eigenvalue weighted by Crippen LogP contribution is -2.42. The van der Waals surface area contributed by atoms with Crippen LogP contribution in [0.15, 0.2) is 76.6 Å². The first-order valence-electron chi connectivity index (χ1n) is 13.9. The number of carbonyl (C=O) groups is 1. The van der Waals surface area contributed by atoms with E-state index < -0.39 is 34.4 Å². The van der Waals surface area contributed by atoms with E-state index in [0.717, 1.165) is 33.5 Å². The van der Waals surface area contributed by atoms with Crippen molar-refractivity contribution in [3.8, 4) is 34.4 Å². The van der Waals surface area contributed by atoms with Gasteiger partial charge in [0.1, 0.15) is 30.3 Å². The summed E-state index contributed by atoms with van der Waals surface area (Å²) in [7, 11) is 2.93. The Hall–Kier alpha value is -5.76. The molecule has 0 spiro atoms. The Morgan fingerprint density at radius 1 is 0.957 bits per heavy atom. The zero-order valence-electron chi connectivity index (χ0n) is 24.5. The van der Waals surface area contributed by atoms with Crippen molar-refractivity contribution < 1.29 is 37.3 Å². The van der Waals surface area contributed by atoms with Crippen molar-refractivity contribution in [1.82, 2.24) is 14.1 Å². The number of anilines is 1. The Kier molecular flexibility index (Phi) is 8.35. The number of hydrogen-bond acceptors (Lipinski definition) is 9. The maximum atomic E-state index is 15.4. The van der Waals surface area contributed by atoms with E-state index in [1.165, 1.54) is 44.7 Å². The molecule has 0 unspecified atom stereocenters. The zero-order valence-corrected chi connectivity index (χ0v) is 24.5. The van der Waals surface area contributed by atoms with Crippen LogP contribution in [0, 0.1) is 11.6 Å². The van der Waals surface area contributed by atoms with Gasteiger partial charge in [-0.15, -0.1) is 0 Å². The molecule has 1 amide bonds. The highest BCUT2D eigenvalue weighted by Crippen LogP contribution is 2.48. The molecule has 236 valence electrons. The van der Waals surface area contributed by atoms with Gasteiger partial charge in [-0.1, -0.05) is 0 Å². The molecule has 0 saturated heterocycles. The van der Waals surface area contributed by atoms with Crippen LogP contribution in [0.2, 0.25) is 0 Å². The summed E-state index contributed by atoms with van der Waals surface area (Å²) < 4.78 is 58.8. The third-order valence-electron chi connectivity index (χ3n) is 7.09. The van der Waals surface area contributed by atoms with Crippen molar-refractivity contribution in [3.05, 3.63) is 105 Å². The molecule has 0 atom stereocenters. The molecule has 1 N–H and O–H groups in total. The van der Waals surface area contributed by atoms with E-state index in [1.807, 2.05) is 0 Å². The molecule has 0 fully saturated rings. The fourth-order valence-corrected chi connectivity index (χ4v) is 4.91. The van der Waals surface area contributed by atoms with E-state index in [0.29, 0.717) is 34.8 Å². The van der Waals surface area contributed by atoms with Crippen LogP contribution in [0.3, 0.4) is 0 Å². The molecule has 5 aromatic rings. The number of ether oxygens (including phenoxy) is 5. The van der Waals surface area contributed by atoms with Gasteiger partial charge in [-0.3, -0.25) is 19.1 Å². The predicted molar refractivity (Wildman–Crippen MR) is 162 cm³/mol. The molecular weight excluding hydrogens is 606 g/mol. The van der Waals surface area contributed by atoms with Crippen molar-refractivity contribution in [2.45, 2.75) is 6.54 Å². The highest BCUT2D eigenvalue weighted by Gasteiger charge is 2.25. The highest BCUT2D eigenvalue weighted by atomic mass is 19.1. The highest BCUT2D eigenvalue weighted by molar-refractivity contribution is 6.04. The fraction of sp³-hybridized carbons (Fsp3) is 0.188. The van der Waals surface area contributed by atoms with E-state index in [1.54, 1.807) is 12.1 Å². The minimum absolute atomic E-state index is 0.00987. The molecule has 46 heavy (non-hydrogen) atoms. The summed E-state index contributed by atoms with van der Waals surface area (Å²) in [6.45, 7) is 0.735.